The number of hydrogen-bond acceptors (Lipinski definition) is 4. The molecule has 0 amide bonds. The van der Waals surface area contributed by atoms with Gasteiger partial charge in [0.15, 0.2) is 17.5 Å². The van der Waals surface area contributed by atoms with E-state index in [9.17, 15) is 0 Å². The first-order chi connectivity index (χ1) is 32.2. The van der Waals surface area contributed by atoms with E-state index < -0.39 is 0 Å². The quantitative estimate of drug-likeness (QED) is 0.162. The van der Waals surface area contributed by atoms with Gasteiger partial charge in [-0.1, -0.05) is 182 Å². The second-order valence-electron chi connectivity index (χ2n) is 16.8. The predicted octanol–water partition coefficient (Wildman–Crippen LogP) is 15.5. The largest absolute Gasteiger partial charge is 0.295 e. The average molecular weight is 846 g/mol. The summed E-state index contributed by atoms with van der Waals surface area (Å²) in [5.74, 6) is 1.91. The minimum absolute atomic E-state index is 0.632. The molecule has 65 heavy (non-hydrogen) atoms. The Balaban J connectivity index is 0.912. The zero-order valence-electron chi connectivity index (χ0n) is 34.9. The summed E-state index contributed by atoms with van der Waals surface area (Å²) in [5, 5.41) is 10.9. The Labute approximate surface area is 377 Å². The summed E-state index contributed by atoms with van der Waals surface area (Å²) in [5.41, 5.74) is 11.1. The fraction of sp³-hybridized carbons (Fsp3) is 0. The van der Waals surface area contributed by atoms with Gasteiger partial charge in [0, 0.05) is 48.3 Å². The van der Waals surface area contributed by atoms with Crippen LogP contribution in [0.25, 0.3) is 122 Å². The maximum atomic E-state index is 5.19. The molecule has 0 aliphatic carbocycles. The van der Waals surface area contributed by atoms with E-state index in [2.05, 4.69) is 221 Å². The summed E-state index contributed by atoms with van der Waals surface area (Å²) in [6.07, 6.45) is 0. The Kier molecular flexibility index (Phi) is 7.85. The van der Waals surface area contributed by atoms with Crippen molar-refractivity contribution >= 4 is 76.9 Å². The van der Waals surface area contributed by atoms with Crippen molar-refractivity contribution in [2.45, 2.75) is 9.79 Å². The van der Waals surface area contributed by atoms with Gasteiger partial charge in [-0.25, -0.2) is 15.0 Å². The van der Waals surface area contributed by atoms with Crippen LogP contribution in [0.2, 0.25) is 0 Å². The SMILES string of the molecule is c1ccc(-n2c3ccccc3c3c4cccc5c4n(c32)-c2cccc(-c3ccc(-c4nc(-c6ccc7ccccc7c6)nc(-c6ccc7c(ccc8ccccc87)c6)n4)cc3)c2S5)cc1. The van der Waals surface area contributed by atoms with E-state index in [-0.39, 0.29) is 0 Å². The van der Waals surface area contributed by atoms with Crippen molar-refractivity contribution in [3.05, 3.63) is 212 Å². The van der Waals surface area contributed by atoms with E-state index in [0.29, 0.717) is 17.5 Å². The lowest BCUT2D eigenvalue weighted by Crippen LogP contribution is -2.06. The number of aromatic nitrogens is 5. The third-order valence-electron chi connectivity index (χ3n) is 13.1. The highest BCUT2D eigenvalue weighted by Crippen LogP contribution is 2.52. The van der Waals surface area contributed by atoms with E-state index in [4.69, 9.17) is 15.0 Å². The molecule has 13 aromatic rings. The summed E-state index contributed by atoms with van der Waals surface area (Å²) in [4.78, 5) is 18.0. The molecule has 0 spiro atoms. The van der Waals surface area contributed by atoms with Crippen LogP contribution >= 0.6 is 11.8 Å². The number of para-hydroxylation sites is 3. The van der Waals surface area contributed by atoms with Crippen molar-refractivity contribution < 1.29 is 0 Å². The Morgan fingerprint density at radius 3 is 1.78 bits per heavy atom. The lowest BCUT2D eigenvalue weighted by Gasteiger charge is -2.23. The van der Waals surface area contributed by atoms with Gasteiger partial charge in [0.2, 0.25) is 0 Å². The van der Waals surface area contributed by atoms with Crippen molar-refractivity contribution in [2.24, 2.45) is 0 Å². The minimum Gasteiger partial charge on any atom is -0.295 e. The van der Waals surface area contributed by atoms with Gasteiger partial charge in [0.05, 0.1) is 16.7 Å². The van der Waals surface area contributed by atoms with Crippen LogP contribution in [0.3, 0.4) is 0 Å². The number of hydrogen-bond donors (Lipinski definition) is 0. The fourth-order valence-corrected chi connectivity index (χ4v) is 11.3. The first kappa shape index (κ1) is 36.2. The summed E-state index contributed by atoms with van der Waals surface area (Å²) < 4.78 is 4.94. The van der Waals surface area contributed by atoms with Crippen LogP contribution in [0.5, 0.6) is 0 Å². The van der Waals surface area contributed by atoms with Gasteiger partial charge in [-0.2, -0.15) is 0 Å². The first-order valence-electron chi connectivity index (χ1n) is 21.9. The molecule has 0 fully saturated rings. The molecule has 302 valence electrons. The Bertz CT molecular complexity index is 4090. The maximum Gasteiger partial charge on any atom is 0.164 e. The first-order valence-corrected chi connectivity index (χ1v) is 22.7. The van der Waals surface area contributed by atoms with Crippen LogP contribution < -0.4 is 0 Å². The monoisotopic (exact) mass is 845 g/mol. The average Bonchev–Trinajstić information content (AvgIpc) is 3.90. The Morgan fingerprint density at radius 2 is 0.954 bits per heavy atom. The molecule has 0 atom stereocenters. The fourth-order valence-electron chi connectivity index (χ4n) is 10.1. The highest BCUT2D eigenvalue weighted by atomic mass is 32.2. The highest BCUT2D eigenvalue weighted by molar-refractivity contribution is 8.00. The Hall–Kier alpha value is -8.32. The van der Waals surface area contributed by atoms with Gasteiger partial charge in [0.25, 0.3) is 0 Å². The molecular weight excluding hydrogens is 811 g/mol. The van der Waals surface area contributed by atoms with Gasteiger partial charge in [-0.3, -0.25) is 9.13 Å². The number of benzene rings is 10. The van der Waals surface area contributed by atoms with E-state index in [0.717, 1.165) is 38.7 Å². The molecule has 3 aromatic heterocycles. The van der Waals surface area contributed by atoms with Crippen molar-refractivity contribution in [3.8, 4) is 56.7 Å². The van der Waals surface area contributed by atoms with Crippen molar-refractivity contribution in [1.29, 1.82) is 0 Å². The predicted molar refractivity (Wildman–Crippen MR) is 269 cm³/mol. The third kappa shape index (κ3) is 5.57. The van der Waals surface area contributed by atoms with E-state index in [1.54, 1.807) is 0 Å². The summed E-state index contributed by atoms with van der Waals surface area (Å²) in [6, 6.07) is 76.1. The van der Waals surface area contributed by atoms with Crippen LogP contribution in [0.15, 0.2) is 222 Å². The highest BCUT2D eigenvalue weighted by Gasteiger charge is 2.29. The number of nitrogens with zero attached hydrogens (tertiary/aromatic N) is 5. The lowest BCUT2D eigenvalue weighted by atomic mass is 10.00. The van der Waals surface area contributed by atoms with Crippen molar-refractivity contribution in [3.63, 3.8) is 0 Å². The molecule has 0 radical (unpaired) electrons. The number of rotatable bonds is 5. The molecule has 6 heteroatoms. The van der Waals surface area contributed by atoms with Crippen molar-refractivity contribution in [1.82, 2.24) is 24.1 Å². The topological polar surface area (TPSA) is 48.5 Å². The summed E-state index contributed by atoms with van der Waals surface area (Å²) in [7, 11) is 0. The molecule has 10 aromatic carbocycles. The molecule has 0 N–H and O–H groups in total. The van der Waals surface area contributed by atoms with Crippen LogP contribution in [-0.4, -0.2) is 24.1 Å². The van der Waals surface area contributed by atoms with E-state index >= 15 is 0 Å². The molecular formula is C59H35N5S. The second kappa shape index (κ2) is 14.1. The van der Waals surface area contributed by atoms with E-state index in [1.165, 1.54) is 75.4 Å². The van der Waals surface area contributed by atoms with Crippen LogP contribution in [0.1, 0.15) is 0 Å². The molecule has 14 rings (SSSR count). The van der Waals surface area contributed by atoms with Gasteiger partial charge in [-0.15, -0.1) is 0 Å². The summed E-state index contributed by atoms with van der Waals surface area (Å²) >= 11 is 1.86. The van der Waals surface area contributed by atoms with Gasteiger partial charge in [0.1, 0.15) is 5.65 Å². The van der Waals surface area contributed by atoms with Gasteiger partial charge >= 0.3 is 0 Å². The zero-order chi connectivity index (χ0) is 42.6. The lowest BCUT2D eigenvalue weighted by molar-refractivity contribution is 1.03. The summed E-state index contributed by atoms with van der Waals surface area (Å²) in [6.45, 7) is 0. The third-order valence-corrected chi connectivity index (χ3v) is 14.3. The minimum atomic E-state index is 0.632. The molecule has 4 heterocycles. The molecule has 0 saturated carbocycles. The zero-order valence-corrected chi connectivity index (χ0v) is 35.7. The molecule has 0 bridgehead atoms. The van der Waals surface area contributed by atoms with Gasteiger partial charge in [-0.05, 0) is 85.9 Å². The van der Waals surface area contributed by atoms with E-state index in [1.807, 2.05) is 11.8 Å². The molecule has 5 nitrogen and oxygen atoms in total. The smallest absolute Gasteiger partial charge is 0.164 e. The van der Waals surface area contributed by atoms with Crippen molar-refractivity contribution in [2.75, 3.05) is 0 Å². The van der Waals surface area contributed by atoms with Crippen LogP contribution in [0, 0.1) is 0 Å². The molecule has 1 aliphatic rings. The van der Waals surface area contributed by atoms with Crippen LogP contribution in [-0.2, 0) is 0 Å². The Morgan fingerprint density at radius 1 is 0.369 bits per heavy atom. The molecule has 1 aliphatic heterocycles. The molecule has 0 unspecified atom stereocenters. The number of fused-ring (bicyclic) bond motifs is 11. The molecule has 0 saturated heterocycles. The standard InChI is InChI=1S/C59H35N5S/c1-2-15-44(16-3-1)63-50-21-9-8-18-48(50)53-49-20-11-23-52-54(49)64(59(53)63)51-22-10-19-47(55(51)65-52)38-25-28-39(29-26-38)56-60-57(42-31-24-36-12-4-5-14-40(36)34-42)62-58(61-56)43-32-33-46-41(35-43)30-27-37-13-6-7-17-45(37)46/h1-35H. The van der Waals surface area contributed by atoms with Crippen LogP contribution in [0.4, 0.5) is 0 Å². The normalized spacial score (nSPS) is 12.2. The maximum absolute atomic E-state index is 5.19. The van der Waals surface area contributed by atoms with Gasteiger partial charge < -0.3 is 0 Å². The second-order valence-corrected chi connectivity index (χ2v) is 17.9.